The number of carbonyl (C=O) groups excluding carboxylic acids is 2. The first-order valence-electron chi connectivity index (χ1n) is 3.95. The van der Waals surface area contributed by atoms with Crippen molar-refractivity contribution >= 4 is 19.8 Å². The van der Waals surface area contributed by atoms with Gasteiger partial charge in [-0.25, -0.2) is 0 Å². The maximum atomic E-state index is 11.3. The lowest BCUT2D eigenvalue weighted by atomic mass is 9.80. The minimum absolute atomic E-state index is 0.180. The molecule has 1 rings (SSSR count). The fraction of sp³-hybridized carbons (Fsp3) is 0.750. The van der Waals surface area contributed by atoms with Crippen molar-refractivity contribution in [3.8, 4) is 0 Å². The van der Waals surface area contributed by atoms with E-state index in [0.717, 1.165) is 4.81 Å². The van der Waals surface area contributed by atoms with Crippen LogP contribution in [0.3, 0.4) is 0 Å². The molecule has 0 aliphatic carbocycles. The predicted molar refractivity (Wildman–Crippen MR) is 45.2 cm³/mol. The molecule has 1 aliphatic rings. The van der Waals surface area contributed by atoms with Gasteiger partial charge in [-0.3, -0.25) is 9.59 Å². The number of imide groups is 1. The van der Waals surface area contributed by atoms with Gasteiger partial charge in [0, 0.05) is 6.42 Å². The van der Waals surface area contributed by atoms with Gasteiger partial charge < -0.3 is 4.81 Å². The number of hydrogen-bond acceptors (Lipinski definition) is 2. The molecule has 0 saturated carbocycles. The molecule has 0 aromatic heterocycles. The topological polar surface area (TPSA) is 37.4 Å². The second-order valence-electron chi connectivity index (χ2n) is 4.22. The molecular formula is C8H12BNO2. The third-order valence-electron chi connectivity index (χ3n) is 2.23. The van der Waals surface area contributed by atoms with Gasteiger partial charge in [-0.2, -0.15) is 0 Å². The normalized spacial score (nSPS) is 25.2. The zero-order valence-corrected chi connectivity index (χ0v) is 7.63. The minimum Gasteiger partial charge on any atom is -0.340 e. The predicted octanol–water partition coefficient (Wildman–Crippen LogP) is 0.491. The Hall–Kier alpha value is -0.795. The van der Waals surface area contributed by atoms with Crippen LogP contribution in [0.4, 0.5) is 0 Å². The second-order valence-corrected chi connectivity index (χ2v) is 4.22. The Bertz CT molecular complexity index is 232. The van der Waals surface area contributed by atoms with Crippen LogP contribution in [-0.2, 0) is 9.59 Å². The molecule has 3 nitrogen and oxygen atoms in total. The molecule has 1 heterocycles. The van der Waals surface area contributed by atoms with Crippen molar-refractivity contribution in [2.75, 3.05) is 0 Å². The largest absolute Gasteiger partial charge is 0.340 e. The summed E-state index contributed by atoms with van der Waals surface area (Å²) in [6, 6.07) is 0. The zero-order valence-electron chi connectivity index (χ0n) is 7.63. The first-order valence-corrected chi connectivity index (χ1v) is 3.95. The van der Waals surface area contributed by atoms with Crippen LogP contribution in [0.5, 0.6) is 0 Å². The SMILES string of the molecule is [B]N1C(=O)CC(C(C)(C)C)C1=O. The maximum absolute atomic E-state index is 11.3. The van der Waals surface area contributed by atoms with Crippen LogP contribution in [0.25, 0.3) is 0 Å². The molecule has 0 bridgehead atoms. The first-order chi connectivity index (χ1) is 5.34. The van der Waals surface area contributed by atoms with Gasteiger partial charge in [0.25, 0.3) is 0 Å². The number of hydrogen-bond donors (Lipinski definition) is 0. The fourth-order valence-corrected chi connectivity index (χ4v) is 1.33. The number of rotatable bonds is 0. The maximum Gasteiger partial charge on any atom is 0.242 e. The van der Waals surface area contributed by atoms with Gasteiger partial charge in [-0.15, -0.1) is 0 Å². The van der Waals surface area contributed by atoms with Crippen molar-refractivity contribution in [3.05, 3.63) is 0 Å². The van der Waals surface area contributed by atoms with Crippen LogP contribution in [-0.4, -0.2) is 24.6 Å². The summed E-state index contributed by atoms with van der Waals surface area (Å²) >= 11 is 0. The van der Waals surface area contributed by atoms with Crippen molar-refractivity contribution < 1.29 is 9.59 Å². The molecule has 2 amide bonds. The van der Waals surface area contributed by atoms with E-state index in [1.54, 1.807) is 0 Å². The van der Waals surface area contributed by atoms with Crippen molar-refractivity contribution in [1.29, 1.82) is 0 Å². The van der Waals surface area contributed by atoms with Crippen LogP contribution >= 0.6 is 0 Å². The quantitative estimate of drug-likeness (QED) is 0.387. The summed E-state index contributed by atoms with van der Waals surface area (Å²) in [6.45, 7) is 5.80. The molecule has 64 valence electrons. The van der Waals surface area contributed by atoms with Crippen LogP contribution < -0.4 is 0 Å². The Morgan fingerprint density at radius 1 is 1.42 bits per heavy atom. The summed E-state index contributed by atoms with van der Waals surface area (Å²) in [7, 11) is 5.24. The van der Waals surface area contributed by atoms with Gasteiger partial charge in [0.2, 0.25) is 19.8 Å². The Balaban J connectivity index is 2.86. The van der Waals surface area contributed by atoms with Crippen molar-refractivity contribution in [1.82, 2.24) is 4.81 Å². The number of amides is 2. The molecule has 1 atom stereocenters. The van der Waals surface area contributed by atoms with Gasteiger partial charge in [0.1, 0.15) is 0 Å². The van der Waals surface area contributed by atoms with E-state index in [1.165, 1.54) is 0 Å². The van der Waals surface area contributed by atoms with Crippen LogP contribution in [0.2, 0.25) is 0 Å². The van der Waals surface area contributed by atoms with E-state index in [4.69, 9.17) is 7.98 Å². The van der Waals surface area contributed by atoms with Crippen LogP contribution in [0, 0.1) is 11.3 Å². The molecule has 0 aromatic carbocycles. The minimum atomic E-state index is -0.278. The molecule has 4 heteroatoms. The Labute approximate surface area is 73.5 Å². The highest BCUT2D eigenvalue weighted by molar-refractivity contribution is 6.27. The van der Waals surface area contributed by atoms with E-state index in [1.807, 2.05) is 20.8 Å². The van der Waals surface area contributed by atoms with E-state index < -0.39 is 0 Å². The Morgan fingerprint density at radius 2 is 1.92 bits per heavy atom. The number of nitrogens with zero attached hydrogens (tertiary/aromatic N) is 1. The van der Waals surface area contributed by atoms with Crippen LogP contribution in [0.1, 0.15) is 27.2 Å². The Kier molecular flexibility index (Phi) is 2.02. The third-order valence-corrected chi connectivity index (χ3v) is 2.23. The molecule has 12 heavy (non-hydrogen) atoms. The molecule has 1 fully saturated rings. The fourth-order valence-electron chi connectivity index (χ4n) is 1.33. The summed E-state index contributed by atoms with van der Waals surface area (Å²) in [5, 5.41) is 0. The zero-order chi connectivity index (χ0) is 9.52. The van der Waals surface area contributed by atoms with Crippen molar-refractivity contribution in [2.24, 2.45) is 11.3 Å². The molecule has 1 unspecified atom stereocenters. The lowest BCUT2D eigenvalue weighted by Crippen LogP contribution is -2.31. The average molecular weight is 165 g/mol. The lowest BCUT2D eigenvalue weighted by molar-refractivity contribution is -0.134. The summed E-state index contributed by atoms with van der Waals surface area (Å²) in [4.78, 5) is 23.1. The molecule has 1 saturated heterocycles. The number of carbonyl (C=O) groups is 2. The summed E-state index contributed by atoms with van der Waals surface area (Å²) in [5.41, 5.74) is -0.180. The van der Waals surface area contributed by atoms with Crippen molar-refractivity contribution in [2.45, 2.75) is 27.2 Å². The van der Waals surface area contributed by atoms with Crippen LogP contribution in [0.15, 0.2) is 0 Å². The van der Waals surface area contributed by atoms with E-state index in [2.05, 4.69) is 0 Å². The van der Waals surface area contributed by atoms with E-state index in [0.29, 0.717) is 0 Å². The highest BCUT2D eigenvalue weighted by atomic mass is 16.2. The summed E-state index contributed by atoms with van der Waals surface area (Å²) in [5.74, 6) is -0.789. The monoisotopic (exact) mass is 165 g/mol. The summed E-state index contributed by atoms with van der Waals surface area (Å²) < 4.78 is 0. The lowest BCUT2D eigenvalue weighted by Gasteiger charge is -2.24. The average Bonchev–Trinajstić information content (AvgIpc) is 2.15. The Morgan fingerprint density at radius 3 is 2.08 bits per heavy atom. The smallest absolute Gasteiger partial charge is 0.242 e. The van der Waals surface area contributed by atoms with E-state index >= 15 is 0 Å². The molecule has 0 spiro atoms. The van der Waals surface area contributed by atoms with Gasteiger partial charge in [-0.1, -0.05) is 20.8 Å². The summed E-state index contributed by atoms with van der Waals surface area (Å²) in [6.07, 6.45) is 0.249. The van der Waals surface area contributed by atoms with E-state index in [9.17, 15) is 9.59 Å². The van der Waals surface area contributed by atoms with Crippen molar-refractivity contribution in [3.63, 3.8) is 0 Å². The molecule has 1 aliphatic heterocycles. The highest BCUT2D eigenvalue weighted by Crippen LogP contribution is 2.34. The van der Waals surface area contributed by atoms with Gasteiger partial charge in [-0.05, 0) is 5.41 Å². The molecule has 0 N–H and O–H groups in total. The third kappa shape index (κ3) is 1.38. The molecule has 0 aromatic rings. The highest BCUT2D eigenvalue weighted by Gasteiger charge is 2.42. The molecule has 2 radical (unpaired) electrons. The first kappa shape index (κ1) is 9.29. The van der Waals surface area contributed by atoms with Gasteiger partial charge >= 0.3 is 0 Å². The van der Waals surface area contributed by atoms with E-state index in [-0.39, 0.29) is 29.6 Å². The van der Waals surface area contributed by atoms with Gasteiger partial charge in [0.15, 0.2) is 0 Å². The van der Waals surface area contributed by atoms with Gasteiger partial charge in [0.05, 0.1) is 5.92 Å². The standard InChI is InChI=1S/C8H12BNO2/c1-8(2,3)5-4-6(11)10(9)7(5)12/h5H,4H2,1-3H3. The molecular weight excluding hydrogens is 153 g/mol. The second kappa shape index (κ2) is 2.61.